The molecule has 0 radical (unpaired) electrons. The van der Waals surface area contributed by atoms with Gasteiger partial charge in [-0.3, -0.25) is 0 Å². The Hall–Kier alpha value is -1.92. The molecule has 2 N–H and O–H groups in total. The van der Waals surface area contributed by atoms with E-state index in [0.29, 0.717) is 0 Å². The molecule has 1 unspecified atom stereocenters. The molecule has 5 nitrogen and oxygen atoms in total. The average Bonchev–Trinajstić information content (AvgIpc) is 3.17. The third kappa shape index (κ3) is 3.60. The normalized spacial score (nSPS) is 17.7. The van der Waals surface area contributed by atoms with Crippen LogP contribution in [0.4, 0.5) is 5.82 Å². The Bertz CT molecular complexity index is 737. The number of hydrogen-bond acceptors (Lipinski definition) is 6. The monoisotopic (exact) mass is 343 g/mol. The minimum atomic E-state index is 0.0996. The Labute approximate surface area is 147 Å². The van der Waals surface area contributed by atoms with Crippen LogP contribution in [-0.4, -0.2) is 28.2 Å². The Morgan fingerprint density at radius 1 is 1.33 bits per heavy atom. The quantitative estimate of drug-likeness (QED) is 0.832. The number of thiophene rings is 1. The van der Waals surface area contributed by atoms with E-state index in [-0.39, 0.29) is 6.17 Å². The van der Waals surface area contributed by atoms with Crippen molar-refractivity contribution in [2.24, 2.45) is 0 Å². The maximum Gasteiger partial charge on any atom is 0.171 e. The second kappa shape index (κ2) is 7.32. The van der Waals surface area contributed by atoms with Crippen LogP contribution in [0.2, 0.25) is 0 Å². The Morgan fingerprint density at radius 3 is 2.88 bits per heavy atom. The number of hydrazine groups is 1. The zero-order valence-electron chi connectivity index (χ0n) is 14.8. The van der Waals surface area contributed by atoms with Gasteiger partial charge >= 0.3 is 0 Å². The third-order valence-electron chi connectivity index (χ3n) is 4.10. The molecule has 2 aromatic heterocycles. The summed E-state index contributed by atoms with van der Waals surface area (Å²) in [6.45, 7) is 6.40. The van der Waals surface area contributed by atoms with Crippen molar-refractivity contribution in [3.05, 3.63) is 40.5 Å². The second-order valence-corrected chi connectivity index (χ2v) is 7.27. The summed E-state index contributed by atoms with van der Waals surface area (Å²) in [5.41, 5.74) is 5.70. The van der Waals surface area contributed by atoms with Gasteiger partial charge in [-0.2, -0.15) is 0 Å². The van der Waals surface area contributed by atoms with E-state index in [1.165, 1.54) is 10.6 Å². The number of allylic oxidation sites excluding steroid dienone is 1. The van der Waals surface area contributed by atoms with Crippen LogP contribution in [0.3, 0.4) is 0 Å². The zero-order valence-corrected chi connectivity index (χ0v) is 15.6. The van der Waals surface area contributed by atoms with Gasteiger partial charge in [-0.25, -0.2) is 15.0 Å². The van der Waals surface area contributed by atoms with Crippen molar-refractivity contribution < 1.29 is 0 Å². The van der Waals surface area contributed by atoms with Crippen LogP contribution in [0.25, 0.3) is 10.7 Å². The van der Waals surface area contributed by atoms with E-state index in [1.807, 2.05) is 20.2 Å². The highest BCUT2D eigenvalue weighted by atomic mass is 32.1. The van der Waals surface area contributed by atoms with Crippen molar-refractivity contribution in [2.75, 3.05) is 12.4 Å². The molecule has 1 aliphatic rings. The summed E-state index contributed by atoms with van der Waals surface area (Å²) in [4.78, 5) is 11.8. The fourth-order valence-corrected chi connectivity index (χ4v) is 3.61. The highest BCUT2D eigenvalue weighted by Crippen LogP contribution is 2.27. The molecule has 1 atom stereocenters. The molecule has 0 bridgehead atoms. The van der Waals surface area contributed by atoms with Gasteiger partial charge in [0.05, 0.1) is 4.88 Å². The van der Waals surface area contributed by atoms with Gasteiger partial charge in [0, 0.05) is 29.4 Å². The second-order valence-electron chi connectivity index (χ2n) is 6.10. The summed E-state index contributed by atoms with van der Waals surface area (Å²) in [6, 6.07) is 4.27. The number of nitrogens with zero attached hydrogens (tertiary/aromatic N) is 3. The molecule has 0 amide bonds. The fraction of sp³-hybridized carbons (Fsp3) is 0.444. The van der Waals surface area contributed by atoms with Gasteiger partial charge in [0.25, 0.3) is 0 Å². The third-order valence-corrected chi connectivity index (χ3v) is 5.33. The topological polar surface area (TPSA) is 53.1 Å². The molecule has 0 fully saturated rings. The molecule has 0 aromatic carbocycles. The van der Waals surface area contributed by atoms with Crippen LogP contribution in [0.1, 0.15) is 37.1 Å². The Morgan fingerprint density at radius 2 is 2.17 bits per heavy atom. The van der Waals surface area contributed by atoms with Crippen molar-refractivity contribution in [2.45, 2.75) is 46.2 Å². The van der Waals surface area contributed by atoms with Crippen LogP contribution in [0.5, 0.6) is 0 Å². The number of aromatic nitrogens is 2. The standard InChI is InChI=1S/C18H25N5S/c1-5-7-13-10-16(23(4)22-13)20-17-12(3)11-19-18(21-17)15-9-8-14(6-2)24-15/h8-11,16,22H,5-7H2,1-4H3,(H,19,20,21). The van der Waals surface area contributed by atoms with E-state index in [4.69, 9.17) is 4.98 Å². The molecular formula is C18H25N5S. The van der Waals surface area contributed by atoms with Gasteiger partial charge in [-0.1, -0.05) is 20.3 Å². The van der Waals surface area contributed by atoms with Gasteiger partial charge in [-0.15, -0.1) is 11.3 Å². The summed E-state index contributed by atoms with van der Waals surface area (Å²) in [5, 5.41) is 5.59. The van der Waals surface area contributed by atoms with Crippen LogP contribution in [0.15, 0.2) is 30.1 Å². The summed E-state index contributed by atoms with van der Waals surface area (Å²) < 4.78 is 0. The zero-order chi connectivity index (χ0) is 17.1. The lowest BCUT2D eigenvalue weighted by Gasteiger charge is -2.22. The lowest BCUT2D eigenvalue weighted by atomic mass is 10.2. The summed E-state index contributed by atoms with van der Waals surface area (Å²) in [6.07, 6.45) is 7.47. The average molecular weight is 344 g/mol. The van der Waals surface area contributed by atoms with Gasteiger partial charge in [0.15, 0.2) is 5.82 Å². The molecule has 3 heterocycles. The highest BCUT2D eigenvalue weighted by molar-refractivity contribution is 7.15. The highest BCUT2D eigenvalue weighted by Gasteiger charge is 2.21. The van der Waals surface area contributed by atoms with E-state index in [1.54, 1.807) is 11.3 Å². The van der Waals surface area contributed by atoms with Gasteiger partial charge in [0.2, 0.25) is 0 Å². The van der Waals surface area contributed by atoms with Gasteiger partial charge < -0.3 is 10.7 Å². The molecule has 128 valence electrons. The number of rotatable bonds is 6. The van der Waals surface area contributed by atoms with E-state index < -0.39 is 0 Å². The molecule has 0 saturated carbocycles. The number of likely N-dealkylation sites (N-methyl/N-ethyl adjacent to an activating group) is 1. The number of aryl methyl sites for hydroxylation is 2. The first-order valence-corrected chi connectivity index (χ1v) is 9.31. The molecule has 0 saturated heterocycles. The van der Waals surface area contributed by atoms with Crippen molar-refractivity contribution in [1.82, 2.24) is 20.4 Å². The lowest BCUT2D eigenvalue weighted by Crippen LogP contribution is -2.39. The van der Waals surface area contributed by atoms with E-state index in [0.717, 1.165) is 41.3 Å². The molecule has 0 spiro atoms. The first-order chi connectivity index (χ1) is 11.6. The van der Waals surface area contributed by atoms with Crippen LogP contribution >= 0.6 is 11.3 Å². The molecule has 24 heavy (non-hydrogen) atoms. The number of nitrogens with one attached hydrogen (secondary N) is 2. The molecule has 3 rings (SSSR count). The van der Waals surface area contributed by atoms with Crippen LogP contribution in [0, 0.1) is 6.92 Å². The number of anilines is 1. The first kappa shape index (κ1) is 16.9. The maximum atomic E-state index is 4.76. The van der Waals surface area contributed by atoms with Crippen molar-refractivity contribution in [1.29, 1.82) is 0 Å². The smallest absolute Gasteiger partial charge is 0.171 e. The van der Waals surface area contributed by atoms with Gasteiger partial charge in [0.1, 0.15) is 12.0 Å². The van der Waals surface area contributed by atoms with E-state index in [9.17, 15) is 0 Å². The van der Waals surface area contributed by atoms with Crippen LogP contribution in [-0.2, 0) is 6.42 Å². The van der Waals surface area contributed by atoms with Crippen molar-refractivity contribution >= 4 is 17.2 Å². The van der Waals surface area contributed by atoms with Gasteiger partial charge in [-0.05, 0) is 38.0 Å². The fourth-order valence-electron chi connectivity index (χ4n) is 2.72. The lowest BCUT2D eigenvalue weighted by molar-refractivity contribution is 0.262. The van der Waals surface area contributed by atoms with E-state index in [2.05, 4.69) is 52.8 Å². The van der Waals surface area contributed by atoms with Crippen molar-refractivity contribution in [3.63, 3.8) is 0 Å². The molecule has 0 aliphatic carbocycles. The first-order valence-electron chi connectivity index (χ1n) is 8.50. The van der Waals surface area contributed by atoms with E-state index >= 15 is 0 Å². The molecule has 6 heteroatoms. The molecule has 1 aliphatic heterocycles. The maximum absolute atomic E-state index is 4.76. The number of hydrogen-bond donors (Lipinski definition) is 2. The van der Waals surface area contributed by atoms with Crippen LogP contribution < -0.4 is 10.7 Å². The summed E-state index contributed by atoms with van der Waals surface area (Å²) >= 11 is 1.76. The minimum Gasteiger partial charge on any atom is -0.349 e. The summed E-state index contributed by atoms with van der Waals surface area (Å²) in [5.74, 6) is 1.68. The predicted molar refractivity (Wildman–Crippen MR) is 101 cm³/mol. The Balaban J connectivity index is 1.82. The SMILES string of the molecule is CCCC1=CC(Nc2nc(-c3ccc(CC)s3)ncc2C)N(C)N1. The molecular weight excluding hydrogens is 318 g/mol. The predicted octanol–water partition coefficient (Wildman–Crippen LogP) is 3.95. The minimum absolute atomic E-state index is 0.0996. The summed E-state index contributed by atoms with van der Waals surface area (Å²) in [7, 11) is 2.04. The largest absolute Gasteiger partial charge is 0.349 e. The Kier molecular flexibility index (Phi) is 5.16. The molecule has 2 aromatic rings. The van der Waals surface area contributed by atoms with Crippen molar-refractivity contribution in [3.8, 4) is 10.7 Å².